The van der Waals surface area contributed by atoms with E-state index < -0.39 is 23.0 Å². The molecular weight excluding hydrogens is 396 g/mol. The lowest BCUT2D eigenvalue weighted by Crippen LogP contribution is -2.56. The van der Waals surface area contributed by atoms with Gasteiger partial charge in [-0.3, -0.25) is 9.59 Å². The van der Waals surface area contributed by atoms with E-state index in [-0.39, 0.29) is 29.1 Å². The van der Waals surface area contributed by atoms with Gasteiger partial charge in [-0.1, -0.05) is 40.7 Å². The Kier molecular flexibility index (Phi) is 6.85. The third kappa shape index (κ3) is 3.79. The molecule has 5 heteroatoms. The van der Waals surface area contributed by atoms with Gasteiger partial charge in [0.25, 0.3) is 0 Å². The summed E-state index contributed by atoms with van der Waals surface area (Å²) < 4.78 is 6.21. The van der Waals surface area contributed by atoms with Crippen molar-refractivity contribution in [3.05, 3.63) is 12.7 Å². The molecule has 0 aromatic heterocycles. The second-order valence-electron chi connectivity index (χ2n) is 10.7. The predicted molar refractivity (Wildman–Crippen MR) is 122 cm³/mol. The summed E-state index contributed by atoms with van der Waals surface area (Å²) in [6.45, 7) is 14.6. The number of thioether (sulfide) groups is 1. The van der Waals surface area contributed by atoms with E-state index in [0.717, 1.165) is 31.4 Å². The Morgan fingerprint density at radius 3 is 2.63 bits per heavy atom. The van der Waals surface area contributed by atoms with Gasteiger partial charge in [-0.2, -0.15) is 11.8 Å². The molecule has 3 fully saturated rings. The van der Waals surface area contributed by atoms with E-state index in [4.69, 9.17) is 4.74 Å². The minimum Gasteiger partial charge on any atom is -0.461 e. The minimum absolute atomic E-state index is 0.0594. The summed E-state index contributed by atoms with van der Waals surface area (Å²) in [6, 6.07) is 0. The van der Waals surface area contributed by atoms with E-state index in [1.54, 1.807) is 11.8 Å². The largest absolute Gasteiger partial charge is 0.461 e. The summed E-state index contributed by atoms with van der Waals surface area (Å²) >= 11 is 1.56. The van der Waals surface area contributed by atoms with Crippen molar-refractivity contribution in [3.8, 4) is 0 Å². The highest BCUT2D eigenvalue weighted by molar-refractivity contribution is 7.99. The molecule has 0 saturated heterocycles. The molecule has 30 heavy (non-hydrogen) atoms. The second-order valence-corrected chi connectivity index (χ2v) is 12.0. The molecule has 1 N–H and O–H groups in total. The van der Waals surface area contributed by atoms with Crippen molar-refractivity contribution in [2.75, 3.05) is 11.5 Å². The lowest BCUT2D eigenvalue weighted by Gasteiger charge is -2.56. The number of ketones is 1. The molecule has 3 rings (SSSR count). The first kappa shape index (κ1) is 23.8. The third-order valence-corrected chi connectivity index (χ3v) is 9.84. The molecule has 170 valence electrons. The van der Waals surface area contributed by atoms with E-state index in [1.165, 1.54) is 0 Å². The van der Waals surface area contributed by atoms with Crippen molar-refractivity contribution < 1.29 is 19.4 Å². The average molecular weight is 437 g/mol. The van der Waals surface area contributed by atoms with Gasteiger partial charge in [0, 0.05) is 23.2 Å². The van der Waals surface area contributed by atoms with Gasteiger partial charge in [0.05, 0.1) is 11.9 Å². The van der Waals surface area contributed by atoms with Crippen LogP contribution in [0.3, 0.4) is 0 Å². The van der Waals surface area contributed by atoms with Crippen molar-refractivity contribution in [1.82, 2.24) is 0 Å². The number of rotatable bonds is 5. The number of esters is 1. The van der Waals surface area contributed by atoms with E-state index in [2.05, 4.69) is 27.4 Å². The Bertz CT molecular complexity index is 693. The monoisotopic (exact) mass is 436 g/mol. The number of carbonyl (C=O) groups excluding carboxylic acids is 2. The predicted octanol–water partition coefficient (Wildman–Crippen LogP) is 5.04. The van der Waals surface area contributed by atoms with Crippen LogP contribution in [0.4, 0.5) is 0 Å². The Hall–Kier alpha value is -0.810. The standard InChI is InChI=1S/C25H40O4S/c1-7-23(5)14-19(29-20(27)15-30-8-2)24(6)17(4)9-11-25(13-16(3)22(23)28)12-10-18(26)21(24)25/h7,16-17,19,21-22,28H,1,8-15H2,2-6H3. The van der Waals surface area contributed by atoms with Gasteiger partial charge in [-0.05, 0) is 55.1 Å². The van der Waals surface area contributed by atoms with Crippen molar-refractivity contribution in [3.63, 3.8) is 0 Å². The fraction of sp³-hybridized carbons (Fsp3) is 0.840. The molecule has 0 aliphatic heterocycles. The Morgan fingerprint density at radius 2 is 2.00 bits per heavy atom. The van der Waals surface area contributed by atoms with Gasteiger partial charge in [0.15, 0.2) is 0 Å². The van der Waals surface area contributed by atoms with Crippen molar-refractivity contribution in [2.45, 2.75) is 85.4 Å². The molecule has 4 nitrogen and oxygen atoms in total. The Balaban J connectivity index is 2.12. The fourth-order valence-electron chi connectivity index (χ4n) is 7.10. The lowest BCUT2D eigenvalue weighted by molar-refractivity contribution is -0.177. The zero-order valence-corrected chi connectivity index (χ0v) is 20.2. The van der Waals surface area contributed by atoms with Crippen LogP contribution in [0.15, 0.2) is 12.7 Å². The van der Waals surface area contributed by atoms with Crippen LogP contribution in [0, 0.1) is 34.0 Å². The maximum Gasteiger partial charge on any atom is 0.316 e. The maximum atomic E-state index is 13.3. The van der Waals surface area contributed by atoms with Crippen molar-refractivity contribution >= 4 is 23.5 Å². The molecule has 2 bridgehead atoms. The van der Waals surface area contributed by atoms with Crippen LogP contribution in [0.1, 0.15) is 73.1 Å². The summed E-state index contributed by atoms with van der Waals surface area (Å²) in [5.41, 5.74) is -1.09. The first-order valence-electron chi connectivity index (χ1n) is 11.7. The van der Waals surface area contributed by atoms with Crippen LogP contribution in [0.25, 0.3) is 0 Å². The third-order valence-electron chi connectivity index (χ3n) is 8.99. The zero-order valence-electron chi connectivity index (χ0n) is 19.4. The first-order chi connectivity index (χ1) is 14.0. The normalized spacial score (nSPS) is 46.3. The van der Waals surface area contributed by atoms with Crippen LogP contribution in [-0.2, 0) is 14.3 Å². The van der Waals surface area contributed by atoms with Crippen LogP contribution in [0.5, 0.6) is 0 Å². The highest BCUT2D eigenvalue weighted by Gasteiger charge is 2.65. The van der Waals surface area contributed by atoms with Crippen molar-refractivity contribution in [1.29, 1.82) is 0 Å². The molecule has 8 unspecified atom stereocenters. The van der Waals surface area contributed by atoms with E-state index in [9.17, 15) is 14.7 Å². The smallest absolute Gasteiger partial charge is 0.316 e. The topological polar surface area (TPSA) is 63.6 Å². The average Bonchev–Trinajstić information content (AvgIpc) is 3.05. The quantitative estimate of drug-likeness (QED) is 0.483. The molecule has 0 heterocycles. The van der Waals surface area contributed by atoms with Crippen molar-refractivity contribution in [2.24, 2.45) is 34.0 Å². The van der Waals surface area contributed by atoms with Gasteiger partial charge in [-0.25, -0.2) is 0 Å². The SMILES string of the molecule is C=CC1(C)CC(OC(=O)CSCC)C2(C)C(C)CCC3(CCC(=O)C32)CC(C)C1O. The van der Waals surface area contributed by atoms with Gasteiger partial charge < -0.3 is 9.84 Å². The molecule has 0 radical (unpaired) electrons. The summed E-state index contributed by atoms with van der Waals surface area (Å²) in [5.74, 6) is 1.53. The van der Waals surface area contributed by atoms with E-state index in [1.807, 2.05) is 19.9 Å². The molecule has 3 aliphatic rings. The zero-order chi connectivity index (χ0) is 22.3. The molecule has 8 atom stereocenters. The summed E-state index contributed by atoms with van der Waals surface area (Å²) in [5, 5.41) is 11.4. The van der Waals surface area contributed by atoms with Gasteiger partial charge in [-0.15, -0.1) is 6.58 Å². The molecule has 0 spiro atoms. The van der Waals surface area contributed by atoms with Gasteiger partial charge in [0.2, 0.25) is 0 Å². The number of Topliss-reactive ketones (excluding diaryl/α,β-unsaturated/α-hetero) is 1. The number of aliphatic hydroxyl groups is 1. The Morgan fingerprint density at radius 1 is 1.30 bits per heavy atom. The van der Waals surface area contributed by atoms with Gasteiger partial charge >= 0.3 is 5.97 Å². The fourth-order valence-corrected chi connectivity index (χ4v) is 7.54. The summed E-state index contributed by atoms with van der Waals surface area (Å²) in [4.78, 5) is 26.1. The molecule has 0 amide bonds. The number of carbonyl (C=O) groups is 2. The Labute approximate surface area is 186 Å². The molecule has 0 aromatic carbocycles. The molecule has 0 aromatic rings. The van der Waals surface area contributed by atoms with E-state index >= 15 is 0 Å². The summed E-state index contributed by atoms with van der Waals surface area (Å²) in [6.07, 6.45) is 5.77. The number of ether oxygens (including phenoxy) is 1. The number of hydrogen-bond acceptors (Lipinski definition) is 5. The van der Waals surface area contributed by atoms with Crippen LogP contribution >= 0.6 is 11.8 Å². The van der Waals surface area contributed by atoms with Crippen LogP contribution in [-0.4, -0.2) is 40.6 Å². The van der Waals surface area contributed by atoms with E-state index in [0.29, 0.717) is 24.4 Å². The minimum atomic E-state index is -0.579. The highest BCUT2D eigenvalue weighted by Crippen LogP contribution is 2.66. The first-order valence-corrected chi connectivity index (χ1v) is 12.8. The molecular formula is C25H40O4S. The molecule has 3 aliphatic carbocycles. The summed E-state index contributed by atoms with van der Waals surface area (Å²) in [7, 11) is 0. The number of aliphatic hydroxyl groups excluding tert-OH is 1. The second kappa shape index (κ2) is 8.61. The lowest BCUT2D eigenvalue weighted by atomic mass is 9.49. The highest BCUT2D eigenvalue weighted by atomic mass is 32.2. The number of hydrogen-bond donors (Lipinski definition) is 1. The maximum absolute atomic E-state index is 13.3. The van der Waals surface area contributed by atoms with Gasteiger partial charge in [0.1, 0.15) is 11.9 Å². The van der Waals surface area contributed by atoms with Crippen LogP contribution < -0.4 is 0 Å². The molecule has 3 saturated carbocycles. The van der Waals surface area contributed by atoms with Crippen LogP contribution in [0.2, 0.25) is 0 Å².